The lowest BCUT2D eigenvalue weighted by Gasteiger charge is -2.24. The Morgan fingerprint density at radius 1 is 0.950 bits per heavy atom. The van der Waals surface area contributed by atoms with Crippen molar-refractivity contribution in [3.63, 3.8) is 0 Å². The number of pyridine rings is 1. The minimum atomic E-state index is 0.327. The molecule has 2 nitrogen and oxygen atoms in total. The largest absolute Gasteiger partial charge is 0.310 e. The molecule has 2 atom stereocenters. The second-order valence-electron chi connectivity index (χ2n) is 5.68. The SMILES string of the molecule is CC(C)C(CN[C@@H](C)c1cccnc1)c1ccccc1. The first kappa shape index (κ1) is 14.7. The average Bonchev–Trinajstić information content (AvgIpc) is 2.49. The summed E-state index contributed by atoms with van der Waals surface area (Å²) in [6, 6.07) is 15.2. The molecule has 1 aromatic heterocycles. The second kappa shape index (κ2) is 7.20. The van der Waals surface area contributed by atoms with Gasteiger partial charge in [-0.3, -0.25) is 4.98 Å². The van der Waals surface area contributed by atoms with Gasteiger partial charge in [0.25, 0.3) is 0 Å². The van der Waals surface area contributed by atoms with Crippen LogP contribution < -0.4 is 5.32 Å². The Morgan fingerprint density at radius 2 is 1.65 bits per heavy atom. The predicted octanol–water partition coefficient (Wildman–Crippen LogP) is 4.17. The van der Waals surface area contributed by atoms with Gasteiger partial charge in [0.15, 0.2) is 0 Å². The fraction of sp³-hybridized carbons (Fsp3) is 0.389. The van der Waals surface area contributed by atoms with E-state index in [1.54, 1.807) is 0 Å². The average molecular weight is 268 g/mol. The molecule has 0 aliphatic carbocycles. The fourth-order valence-electron chi connectivity index (χ4n) is 2.49. The van der Waals surface area contributed by atoms with Gasteiger partial charge in [0.1, 0.15) is 0 Å². The first-order chi connectivity index (χ1) is 9.68. The number of benzene rings is 1. The summed E-state index contributed by atoms with van der Waals surface area (Å²) in [4.78, 5) is 4.19. The van der Waals surface area contributed by atoms with Crippen molar-refractivity contribution in [3.05, 3.63) is 66.0 Å². The summed E-state index contributed by atoms with van der Waals surface area (Å²) in [5, 5.41) is 3.64. The number of aromatic nitrogens is 1. The molecule has 2 rings (SSSR count). The molecule has 0 fully saturated rings. The monoisotopic (exact) mass is 268 g/mol. The smallest absolute Gasteiger partial charge is 0.0315 e. The molecule has 1 aromatic carbocycles. The number of hydrogen-bond donors (Lipinski definition) is 1. The molecule has 0 aliphatic rings. The van der Waals surface area contributed by atoms with Crippen molar-refractivity contribution in [2.45, 2.75) is 32.7 Å². The number of rotatable bonds is 6. The van der Waals surface area contributed by atoms with Gasteiger partial charge >= 0.3 is 0 Å². The van der Waals surface area contributed by atoms with Crippen molar-refractivity contribution in [2.75, 3.05) is 6.54 Å². The molecular weight excluding hydrogens is 244 g/mol. The predicted molar refractivity (Wildman–Crippen MR) is 84.7 cm³/mol. The highest BCUT2D eigenvalue weighted by Gasteiger charge is 2.16. The molecule has 1 heterocycles. The normalized spacial score (nSPS) is 14.2. The molecule has 0 amide bonds. The van der Waals surface area contributed by atoms with Crippen LogP contribution in [0.25, 0.3) is 0 Å². The van der Waals surface area contributed by atoms with Gasteiger partial charge in [-0.05, 0) is 36.0 Å². The van der Waals surface area contributed by atoms with Crippen LogP contribution in [0, 0.1) is 5.92 Å². The molecule has 1 N–H and O–H groups in total. The van der Waals surface area contributed by atoms with E-state index in [0.717, 1.165) is 6.54 Å². The Bertz CT molecular complexity index is 493. The van der Waals surface area contributed by atoms with Crippen molar-refractivity contribution in [1.29, 1.82) is 0 Å². The van der Waals surface area contributed by atoms with Gasteiger partial charge in [0.05, 0.1) is 0 Å². The molecule has 0 spiro atoms. The summed E-state index contributed by atoms with van der Waals surface area (Å²) >= 11 is 0. The summed E-state index contributed by atoms with van der Waals surface area (Å²) in [6.07, 6.45) is 3.75. The van der Waals surface area contributed by atoms with Gasteiger partial charge in [0.2, 0.25) is 0 Å². The quantitative estimate of drug-likeness (QED) is 0.850. The molecule has 0 radical (unpaired) electrons. The standard InChI is InChI=1S/C18H24N2/c1-14(2)18(16-8-5-4-6-9-16)13-20-15(3)17-10-7-11-19-12-17/h4-12,14-15,18,20H,13H2,1-3H3/t15-,18?/m0/s1. The van der Waals surface area contributed by atoms with Crippen LogP contribution >= 0.6 is 0 Å². The zero-order valence-electron chi connectivity index (χ0n) is 12.6. The minimum absolute atomic E-state index is 0.327. The van der Waals surface area contributed by atoms with Crippen LogP contribution in [0.4, 0.5) is 0 Å². The first-order valence-electron chi connectivity index (χ1n) is 7.36. The molecule has 2 heteroatoms. The molecular formula is C18H24N2. The molecule has 0 saturated heterocycles. The molecule has 0 saturated carbocycles. The number of nitrogens with zero attached hydrogens (tertiary/aromatic N) is 1. The van der Waals surface area contributed by atoms with E-state index in [2.05, 4.69) is 67.5 Å². The van der Waals surface area contributed by atoms with E-state index >= 15 is 0 Å². The van der Waals surface area contributed by atoms with Gasteiger partial charge in [-0.1, -0.05) is 50.2 Å². The van der Waals surface area contributed by atoms with E-state index in [0.29, 0.717) is 17.9 Å². The van der Waals surface area contributed by atoms with Gasteiger partial charge in [-0.25, -0.2) is 0 Å². The van der Waals surface area contributed by atoms with Crippen LogP contribution in [0.5, 0.6) is 0 Å². The lowest BCUT2D eigenvalue weighted by Crippen LogP contribution is -2.27. The van der Waals surface area contributed by atoms with Gasteiger partial charge < -0.3 is 5.32 Å². The fourth-order valence-corrected chi connectivity index (χ4v) is 2.49. The Labute approximate surface area is 122 Å². The second-order valence-corrected chi connectivity index (χ2v) is 5.68. The topological polar surface area (TPSA) is 24.9 Å². The zero-order valence-corrected chi connectivity index (χ0v) is 12.6. The van der Waals surface area contributed by atoms with E-state index in [4.69, 9.17) is 0 Å². The highest BCUT2D eigenvalue weighted by Crippen LogP contribution is 2.24. The van der Waals surface area contributed by atoms with Gasteiger partial charge in [-0.15, -0.1) is 0 Å². The third kappa shape index (κ3) is 3.91. The van der Waals surface area contributed by atoms with E-state index in [9.17, 15) is 0 Å². The van der Waals surface area contributed by atoms with E-state index in [1.165, 1.54) is 11.1 Å². The van der Waals surface area contributed by atoms with Crippen LogP contribution in [0.1, 0.15) is 43.9 Å². The minimum Gasteiger partial charge on any atom is -0.310 e. The van der Waals surface area contributed by atoms with Crippen molar-refractivity contribution >= 4 is 0 Å². The lowest BCUT2D eigenvalue weighted by atomic mass is 9.88. The van der Waals surface area contributed by atoms with Gasteiger partial charge in [0, 0.05) is 25.0 Å². The molecule has 0 bridgehead atoms. The molecule has 1 unspecified atom stereocenters. The number of nitrogens with one attached hydrogen (secondary N) is 1. The Morgan fingerprint density at radius 3 is 2.25 bits per heavy atom. The van der Waals surface area contributed by atoms with Crippen molar-refractivity contribution in [1.82, 2.24) is 10.3 Å². The Balaban J connectivity index is 2.00. The Kier molecular flexibility index (Phi) is 5.31. The molecule has 106 valence electrons. The lowest BCUT2D eigenvalue weighted by molar-refractivity contribution is 0.436. The zero-order chi connectivity index (χ0) is 14.4. The third-order valence-electron chi connectivity index (χ3n) is 3.86. The molecule has 20 heavy (non-hydrogen) atoms. The van der Waals surface area contributed by atoms with Gasteiger partial charge in [-0.2, -0.15) is 0 Å². The summed E-state index contributed by atoms with van der Waals surface area (Å²) in [6.45, 7) is 7.75. The molecule has 0 aliphatic heterocycles. The molecule has 2 aromatic rings. The maximum Gasteiger partial charge on any atom is 0.0315 e. The van der Waals surface area contributed by atoms with Crippen LogP contribution in [-0.2, 0) is 0 Å². The summed E-state index contributed by atoms with van der Waals surface area (Å²) in [5.41, 5.74) is 2.65. The highest BCUT2D eigenvalue weighted by molar-refractivity contribution is 5.21. The van der Waals surface area contributed by atoms with Crippen molar-refractivity contribution in [3.8, 4) is 0 Å². The highest BCUT2D eigenvalue weighted by atomic mass is 14.9. The van der Waals surface area contributed by atoms with E-state index in [-0.39, 0.29) is 0 Å². The number of hydrogen-bond acceptors (Lipinski definition) is 2. The van der Waals surface area contributed by atoms with Crippen LogP contribution in [0.15, 0.2) is 54.9 Å². The van der Waals surface area contributed by atoms with Crippen LogP contribution in [0.3, 0.4) is 0 Å². The maximum absolute atomic E-state index is 4.19. The third-order valence-corrected chi connectivity index (χ3v) is 3.86. The Hall–Kier alpha value is -1.67. The van der Waals surface area contributed by atoms with Crippen LogP contribution in [-0.4, -0.2) is 11.5 Å². The van der Waals surface area contributed by atoms with Crippen molar-refractivity contribution in [2.24, 2.45) is 5.92 Å². The van der Waals surface area contributed by atoms with E-state index in [1.807, 2.05) is 18.5 Å². The van der Waals surface area contributed by atoms with E-state index < -0.39 is 0 Å². The first-order valence-corrected chi connectivity index (χ1v) is 7.36. The van der Waals surface area contributed by atoms with Crippen LogP contribution in [0.2, 0.25) is 0 Å². The van der Waals surface area contributed by atoms with Crippen molar-refractivity contribution < 1.29 is 0 Å². The summed E-state index contributed by atoms with van der Waals surface area (Å²) < 4.78 is 0. The summed E-state index contributed by atoms with van der Waals surface area (Å²) in [5.74, 6) is 1.15. The summed E-state index contributed by atoms with van der Waals surface area (Å²) in [7, 11) is 0. The maximum atomic E-state index is 4.19.